The number of aromatic nitrogens is 3. The molecule has 0 saturated carbocycles. The van der Waals surface area contributed by atoms with Gasteiger partial charge in [0.2, 0.25) is 11.8 Å². The monoisotopic (exact) mass is 369 g/mol. The standard InChI is InChI=1S/C17H16FN7O2/c1-10-7-12(11(2)24(10)14-6-4-3-5-13(14)18)8-21-23-16-15(25(26)27)9-20-17(19)22-16/h3-9H,1-2H3,(H3,19,20,22,23). The molecule has 0 amide bonds. The van der Waals surface area contributed by atoms with E-state index in [9.17, 15) is 14.5 Å². The summed E-state index contributed by atoms with van der Waals surface area (Å²) in [6.45, 7) is 3.67. The van der Waals surface area contributed by atoms with Crippen molar-refractivity contribution in [2.45, 2.75) is 13.8 Å². The van der Waals surface area contributed by atoms with E-state index in [1.54, 1.807) is 22.8 Å². The number of nitrogens with zero attached hydrogens (tertiary/aromatic N) is 5. The zero-order chi connectivity index (χ0) is 19.6. The van der Waals surface area contributed by atoms with Gasteiger partial charge in [0.25, 0.3) is 0 Å². The molecule has 1 aromatic carbocycles. The van der Waals surface area contributed by atoms with E-state index < -0.39 is 4.92 Å². The molecular formula is C17H16FN7O2. The molecule has 0 aliphatic carbocycles. The van der Waals surface area contributed by atoms with Crippen LogP contribution in [0, 0.1) is 29.8 Å². The van der Waals surface area contributed by atoms with E-state index in [0.29, 0.717) is 11.3 Å². The number of hydrazone groups is 1. The molecule has 3 aromatic rings. The van der Waals surface area contributed by atoms with Gasteiger partial charge in [0.15, 0.2) is 0 Å². The molecule has 0 fully saturated rings. The number of hydrogen-bond acceptors (Lipinski definition) is 7. The van der Waals surface area contributed by atoms with Crippen molar-refractivity contribution in [1.29, 1.82) is 0 Å². The average molecular weight is 369 g/mol. The van der Waals surface area contributed by atoms with E-state index in [2.05, 4.69) is 20.5 Å². The molecule has 0 bridgehead atoms. The quantitative estimate of drug-likeness (QED) is 0.405. The smallest absolute Gasteiger partial charge is 0.331 e. The summed E-state index contributed by atoms with van der Waals surface area (Å²) in [4.78, 5) is 17.7. The summed E-state index contributed by atoms with van der Waals surface area (Å²) in [6.07, 6.45) is 2.48. The Morgan fingerprint density at radius 2 is 2.11 bits per heavy atom. The van der Waals surface area contributed by atoms with E-state index in [1.165, 1.54) is 12.3 Å². The highest BCUT2D eigenvalue weighted by atomic mass is 19.1. The Morgan fingerprint density at radius 3 is 2.81 bits per heavy atom. The molecule has 138 valence electrons. The fourth-order valence-corrected chi connectivity index (χ4v) is 2.69. The first kappa shape index (κ1) is 18.0. The largest absolute Gasteiger partial charge is 0.368 e. The van der Waals surface area contributed by atoms with Gasteiger partial charge < -0.3 is 10.3 Å². The van der Waals surface area contributed by atoms with Gasteiger partial charge in [-0.25, -0.2) is 9.37 Å². The maximum Gasteiger partial charge on any atom is 0.331 e. The van der Waals surface area contributed by atoms with Crippen molar-refractivity contribution in [2.24, 2.45) is 5.10 Å². The molecule has 10 heteroatoms. The van der Waals surface area contributed by atoms with Crippen LogP contribution in [0.5, 0.6) is 0 Å². The molecular weight excluding hydrogens is 353 g/mol. The fourth-order valence-electron chi connectivity index (χ4n) is 2.69. The third-order valence-electron chi connectivity index (χ3n) is 3.92. The third kappa shape index (κ3) is 3.59. The lowest BCUT2D eigenvalue weighted by molar-refractivity contribution is -0.384. The SMILES string of the molecule is Cc1cc(C=NNc2nc(N)ncc2[N+](=O)[O-])c(C)n1-c1ccccc1F. The lowest BCUT2D eigenvalue weighted by atomic mass is 10.2. The van der Waals surface area contributed by atoms with Crippen LogP contribution in [0.2, 0.25) is 0 Å². The summed E-state index contributed by atoms with van der Waals surface area (Å²) in [6, 6.07) is 8.28. The molecule has 2 aromatic heterocycles. The highest BCUT2D eigenvalue weighted by Crippen LogP contribution is 2.23. The van der Waals surface area contributed by atoms with Crippen LogP contribution in [-0.2, 0) is 0 Å². The molecule has 0 aliphatic heterocycles. The molecule has 0 aliphatic rings. The first-order valence-electron chi connectivity index (χ1n) is 7.88. The van der Waals surface area contributed by atoms with Crippen LogP contribution < -0.4 is 11.2 Å². The Bertz CT molecular complexity index is 1050. The Labute approximate surface area is 153 Å². The number of para-hydroxylation sites is 1. The predicted molar refractivity (Wildman–Crippen MR) is 99.5 cm³/mol. The van der Waals surface area contributed by atoms with Gasteiger partial charge in [0, 0.05) is 17.0 Å². The van der Waals surface area contributed by atoms with Crippen LogP contribution >= 0.6 is 0 Å². The maximum absolute atomic E-state index is 14.1. The van der Waals surface area contributed by atoms with Crippen molar-refractivity contribution in [3.05, 3.63) is 69.4 Å². The first-order chi connectivity index (χ1) is 12.9. The van der Waals surface area contributed by atoms with Crippen LogP contribution in [0.4, 0.5) is 21.8 Å². The summed E-state index contributed by atoms with van der Waals surface area (Å²) >= 11 is 0. The van der Waals surface area contributed by atoms with Crippen LogP contribution in [0.15, 0.2) is 41.6 Å². The van der Waals surface area contributed by atoms with Crippen molar-refractivity contribution in [3.63, 3.8) is 0 Å². The lowest BCUT2D eigenvalue weighted by Gasteiger charge is -2.10. The van der Waals surface area contributed by atoms with Gasteiger partial charge in [-0.3, -0.25) is 15.5 Å². The summed E-state index contributed by atoms with van der Waals surface area (Å²) < 4.78 is 15.9. The summed E-state index contributed by atoms with van der Waals surface area (Å²) in [5, 5.41) is 15.0. The third-order valence-corrected chi connectivity index (χ3v) is 3.92. The predicted octanol–water partition coefficient (Wildman–Crippen LogP) is 2.96. The highest BCUT2D eigenvalue weighted by molar-refractivity contribution is 5.83. The molecule has 2 heterocycles. The number of aryl methyl sites for hydroxylation is 1. The van der Waals surface area contributed by atoms with Gasteiger partial charge in [-0.05, 0) is 32.0 Å². The minimum absolute atomic E-state index is 0.115. The Kier molecular flexibility index (Phi) is 4.79. The minimum atomic E-state index is -0.638. The van der Waals surface area contributed by atoms with Crippen molar-refractivity contribution in [1.82, 2.24) is 14.5 Å². The van der Waals surface area contributed by atoms with Crippen LogP contribution in [0.1, 0.15) is 17.0 Å². The number of hydrogen-bond donors (Lipinski definition) is 2. The molecule has 27 heavy (non-hydrogen) atoms. The first-order valence-corrected chi connectivity index (χ1v) is 7.88. The number of nitrogens with two attached hydrogens (primary N) is 1. The van der Waals surface area contributed by atoms with Crippen molar-refractivity contribution in [3.8, 4) is 5.69 Å². The van der Waals surface area contributed by atoms with Gasteiger partial charge >= 0.3 is 5.69 Å². The van der Waals surface area contributed by atoms with E-state index in [-0.39, 0.29) is 23.3 Å². The molecule has 0 radical (unpaired) electrons. The average Bonchev–Trinajstić information content (AvgIpc) is 2.89. The number of rotatable bonds is 5. The molecule has 0 atom stereocenters. The second-order valence-corrected chi connectivity index (χ2v) is 5.70. The summed E-state index contributed by atoms with van der Waals surface area (Å²) in [7, 11) is 0. The van der Waals surface area contributed by atoms with Crippen LogP contribution in [0.3, 0.4) is 0 Å². The van der Waals surface area contributed by atoms with Crippen molar-refractivity contribution in [2.75, 3.05) is 11.2 Å². The molecule has 3 N–H and O–H groups in total. The van der Waals surface area contributed by atoms with Gasteiger partial charge in [0.1, 0.15) is 12.0 Å². The number of nitrogen functional groups attached to an aromatic ring is 1. The molecule has 3 rings (SSSR count). The van der Waals surface area contributed by atoms with Gasteiger partial charge in [0.05, 0.1) is 16.8 Å². The highest BCUT2D eigenvalue weighted by Gasteiger charge is 2.16. The topological polar surface area (TPSA) is 124 Å². The fraction of sp³-hybridized carbons (Fsp3) is 0.118. The summed E-state index contributed by atoms with van der Waals surface area (Å²) in [5.41, 5.74) is 10.3. The number of nitro groups is 1. The lowest BCUT2D eigenvalue weighted by Crippen LogP contribution is -2.04. The van der Waals surface area contributed by atoms with E-state index in [1.807, 2.05) is 19.9 Å². The van der Waals surface area contributed by atoms with Gasteiger partial charge in [-0.15, -0.1) is 0 Å². The zero-order valence-corrected chi connectivity index (χ0v) is 14.5. The van der Waals surface area contributed by atoms with Gasteiger partial charge in [-0.1, -0.05) is 12.1 Å². The molecule has 0 spiro atoms. The Hall–Kier alpha value is -3.82. The van der Waals surface area contributed by atoms with E-state index in [4.69, 9.17) is 5.73 Å². The van der Waals surface area contributed by atoms with Crippen LogP contribution in [0.25, 0.3) is 5.69 Å². The normalized spacial score (nSPS) is 11.1. The van der Waals surface area contributed by atoms with E-state index >= 15 is 0 Å². The molecule has 0 saturated heterocycles. The van der Waals surface area contributed by atoms with E-state index in [0.717, 1.165) is 17.6 Å². The van der Waals surface area contributed by atoms with Crippen molar-refractivity contribution < 1.29 is 9.31 Å². The zero-order valence-electron chi connectivity index (χ0n) is 14.5. The minimum Gasteiger partial charge on any atom is -0.368 e. The van der Waals surface area contributed by atoms with Gasteiger partial charge in [-0.2, -0.15) is 10.1 Å². The molecule has 9 nitrogen and oxygen atoms in total. The maximum atomic E-state index is 14.1. The number of nitrogens with one attached hydrogen (secondary N) is 1. The molecule has 0 unspecified atom stereocenters. The van der Waals surface area contributed by atoms with Crippen molar-refractivity contribution >= 4 is 23.7 Å². The second-order valence-electron chi connectivity index (χ2n) is 5.70. The Balaban J connectivity index is 1.90. The number of anilines is 2. The number of halogens is 1. The Morgan fingerprint density at radius 1 is 1.37 bits per heavy atom. The number of benzene rings is 1. The second kappa shape index (κ2) is 7.20. The van der Waals surface area contributed by atoms with Crippen LogP contribution in [-0.4, -0.2) is 25.7 Å². The summed E-state index contributed by atoms with van der Waals surface area (Å²) in [5.74, 6) is -0.573.